The summed E-state index contributed by atoms with van der Waals surface area (Å²) >= 11 is 0. The van der Waals surface area contributed by atoms with Crippen molar-refractivity contribution in [2.75, 3.05) is 46.2 Å². The number of anilines is 5. The maximum Gasteiger partial charge on any atom is 0.419 e. The number of fused-ring (bicyclic) bond motifs is 1. The molecule has 4 heterocycles. The average molecular weight is 837 g/mol. The van der Waals surface area contributed by atoms with E-state index in [0.717, 1.165) is 27.2 Å². The van der Waals surface area contributed by atoms with Crippen molar-refractivity contribution in [1.82, 2.24) is 20.5 Å². The van der Waals surface area contributed by atoms with Crippen LogP contribution in [0.25, 0.3) is 0 Å². The number of aromatic nitrogens is 1. The van der Waals surface area contributed by atoms with Crippen LogP contribution in [0.2, 0.25) is 0 Å². The Morgan fingerprint density at radius 2 is 1.63 bits per heavy atom. The number of piperidine rings is 2. The minimum Gasteiger partial charge on any atom is -0.380 e. The summed E-state index contributed by atoms with van der Waals surface area (Å²) in [6.45, 7) is 1.30. The molecule has 0 saturated carbocycles. The first-order valence-corrected chi connectivity index (χ1v) is 20.5. The first-order valence-electron chi connectivity index (χ1n) is 18.7. The van der Waals surface area contributed by atoms with Crippen LogP contribution in [-0.4, -0.2) is 80.4 Å². The lowest BCUT2D eigenvalue weighted by molar-refractivity contribution is -0.137. The number of amides is 4. The first kappa shape index (κ1) is 41.1. The summed E-state index contributed by atoms with van der Waals surface area (Å²) < 4.78 is 82.6. The number of rotatable bonds is 12. The van der Waals surface area contributed by atoms with Crippen molar-refractivity contribution in [2.45, 2.75) is 57.0 Å². The number of carbonyl (C=O) groups is 4. The van der Waals surface area contributed by atoms with Crippen molar-refractivity contribution >= 4 is 62.2 Å². The molecule has 1 atom stereocenters. The van der Waals surface area contributed by atoms with E-state index in [4.69, 9.17) is 0 Å². The molecular formula is C40H40F4N8O6S. The molecule has 0 radical (unpaired) electrons. The largest absolute Gasteiger partial charge is 0.419 e. The Kier molecular flexibility index (Phi) is 11.3. The monoisotopic (exact) mass is 836 g/mol. The molecule has 2 fully saturated rings. The van der Waals surface area contributed by atoms with Crippen LogP contribution >= 0.6 is 0 Å². The number of halogens is 4. The van der Waals surface area contributed by atoms with E-state index in [1.807, 2.05) is 0 Å². The van der Waals surface area contributed by atoms with Crippen LogP contribution in [-0.2, 0) is 38.9 Å². The highest BCUT2D eigenvalue weighted by atomic mass is 32.2. The van der Waals surface area contributed by atoms with Crippen molar-refractivity contribution < 1.29 is 45.2 Å². The third-order valence-electron chi connectivity index (χ3n) is 10.7. The molecule has 2 saturated heterocycles. The third-order valence-corrected chi connectivity index (χ3v) is 11.9. The Labute approximate surface area is 337 Å². The highest BCUT2D eigenvalue weighted by molar-refractivity contribution is 7.92. The van der Waals surface area contributed by atoms with Gasteiger partial charge in [0.15, 0.2) is 0 Å². The van der Waals surface area contributed by atoms with E-state index in [-0.39, 0.29) is 60.3 Å². The Morgan fingerprint density at radius 3 is 2.32 bits per heavy atom. The standard InChI is InChI=1S/C40H40F4N8O6S/c1-50(59(2,57)58)33-6-4-3-5-24(33)21-46-32-19-35(47-22-30(32)40(42,43)44)48-26-8-7-23(31(41)17-26)20-45-25-13-15-51(16-14-25)27-9-10-28-29(18-27)39(56)52(38(28)55)34-11-12-36(53)49-37(34)54/h3-10,17-19,22,25,34,45H,11-16,20-21H2,1-2H3,(H2,46,47,48)(H,49,53,54). The Hall–Kier alpha value is -6.08. The second kappa shape index (κ2) is 16.3. The van der Waals surface area contributed by atoms with Gasteiger partial charge in [0, 0.05) is 74.9 Å². The van der Waals surface area contributed by atoms with Crippen molar-refractivity contribution in [2.24, 2.45) is 0 Å². The highest BCUT2D eigenvalue weighted by Gasteiger charge is 2.45. The van der Waals surface area contributed by atoms with Crippen molar-refractivity contribution in [3.63, 3.8) is 0 Å². The summed E-state index contributed by atoms with van der Waals surface area (Å²) in [6, 6.07) is 16.0. The molecule has 4 amide bonds. The van der Waals surface area contributed by atoms with Crippen molar-refractivity contribution in [3.8, 4) is 0 Å². The van der Waals surface area contributed by atoms with Crippen LogP contribution < -0.4 is 30.5 Å². The molecule has 7 rings (SSSR count). The average Bonchev–Trinajstić information content (AvgIpc) is 3.44. The predicted octanol–water partition coefficient (Wildman–Crippen LogP) is 5.15. The Morgan fingerprint density at radius 1 is 0.898 bits per heavy atom. The lowest BCUT2D eigenvalue weighted by atomic mass is 10.0. The van der Waals surface area contributed by atoms with Crippen LogP contribution in [0, 0.1) is 5.82 Å². The number of para-hydroxylation sites is 1. The normalized spacial score (nSPS) is 17.6. The topological polar surface area (TPSA) is 173 Å². The Bertz CT molecular complexity index is 2440. The summed E-state index contributed by atoms with van der Waals surface area (Å²) in [5.74, 6) is -2.78. The fourth-order valence-corrected chi connectivity index (χ4v) is 7.94. The third kappa shape index (κ3) is 8.85. The van der Waals surface area contributed by atoms with Gasteiger partial charge < -0.3 is 20.9 Å². The minimum absolute atomic E-state index is 0.0186. The number of sulfonamides is 1. The molecule has 3 aromatic carbocycles. The van der Waals surface area contributed by atoms with Gasteiger partial charge in [-0.2, -0.15) is 13.2 Å². The molecule has 59 heavy (non-hydrogen) atoms. The van der Waals surface area contributed by atoms with E-state index in [2.05, 4.69) is 31.2 Å². The van der Waals surface area contributed by atoms with E-state index in [1.165, 1.54) is 13.1 Å². The number of pyridine rings is 1. The molecule has 19 heteroatoms. The second-order valence-corrected chi connectivity index (χ2v) is 16.6. The van der Waals surface area contributed by atoms with Gasteiger partial charge in [-0.05, 0) is 61.2 Å². The molecule has 3 aliphatic rings. The maximum atomic E-state index is 15.3. The van der Waals surface area contributed by atoms with Gasteiger partial charge in [0.05, 0.1) is 34.3 Å². The molecule has 4 aromatic rings. The SMILES string of the molecule is CN(c1ccccc1CNc1cc(Nc2ccc(CNC3CCN(c4ccc5c(c4)C(=O)N(C4CCC(=O)NC4=O)C5=O)CC3)c(F)c2)ncc1C(F)(F)F)S(C)(=O)=O. The second-order valence-electron chi connectivity index (χ2n) is 14.6. The smallest absolute Gasteiger partial charge is 0.380 e. The number of benzene rings is 3. The van der Waals surface area contributed by atoms with E-state index in [0.29, 0.717) is 48.9 Å². The van der Waals surface area contributed by atoms with Gasteiger partial charge in [0.25, 0.3) is 11.8 Å². The van der Waals surface area contributed by atoms with Crippen LogP contribution in [0.15, 0.2) is 72.9 Å². The van der Waals surface area contributed by atoms with E-state index < -0.39 is 57.3 Å². The van der Waals surface area contributed by atoms with E-state index in [9.17, 15) is 40.8 Å². The molecule has 4 N–H and O–H groups in total. The molecule has 1 unspecified atom stereocenters. The number of imide groups is 2. The minimum atomic E-state index is -4.75. The summed E-state index contributed by atoms with van der Waals surface area (Å²) in [7, 11) is -2.28. The van der Waals surface area contributed by atoms with Crippen LogP contribution in [0.4, 0.5) is 46.1 Å². The lowest BCUT2D eigenvalue weighted by Gasteiger charge is -2.34. The first-order chi connectivity index (χ1) is 28.0. The summed E-state index contributed by atoms with van der Waals surface area (Å²) in [6.07, 6.45) is -1.56. The zero-order chi connectivity index (χ0) is 42.2. The lowest BCUT2D eigenvalue weighted by Crippen LogP contribution is -2.54. The van der Waals surface area contributed by atoms with Crippen molar-refractivity contribution in [3.05, 3.63) is 107 Å². The molecule has 0 bridgehead atoms. The van der Waals surface area contributed by atoms with Gasteiger partial charge in [-0.3, -0.25) is 33.7 Å². The number of alkyl halides is 3. The molecule has 0 aliphatic carbocycles. The number of hydrogen-bond acceptors (Lipinski definition) is 11. The van der Waals surface area contributed by atoms with Crippen LogP contribution in [0.3, 0.4) is 0 Å². The zero-order valence-corrected chi connectivity index (χ0v) is 32.7. The molecule has 3 aliphatic heterocycles. The highest BCUT2D eigenvalue weighted by Crippen LogP contribution is 2.37. The Balaban J connectivity index is 0.945. The van der Waals surface area contributed by atoms with Gasteiger partial charge in [-0.1, -0.05) is 24.3 Å². The number of carbonyl (C=O) groups excluding carboxylic acids is 4. The fraction of sp³-hybridized carbons (Fsp3) is 0.325. The molecule has 310 valence electrons. The van der Waals surface area contributed by atoms with Gasteiger partial charge in [0.1, 0.15) is 17.7 Å². The van der Waals surface area contributed by atoms with E-state index >= 15 is 4.39 Å². The van der Waals surface area contributed by atoms with Gasteiger partial charge in [0.2, 0.25) is 21.8 Å². The summed E-state index contributed by atoms with van der Waals surface area (Å²) in [5.41, 5.74) is 1.18. The van der Waals surface area contributed by atoms with Crippen LogP contribution in [0.1, 0.15) is 63.1 Å². The quantitative estimate of drug-likeness (QED) is 0.110. The van der Waals surface area contributed by atoms with Gasteiger partial charge >= 0.3 is 6.18 Å². The molecule has 1 aromatic heterocycles. The summed E-state index contributed by atoms with van der Waals surface area (Å²) in [5, 5.41) is 11.2. The number of nitrogens with zero attached hydrogens (tertiary/aromatic N) is 4. The number of hydrogen-bond donors (Lipinski definition) is 4. The van der Waals surface area contributed by atoms with Crippen molar-refractivity contribution in [1.29, 1.82) is 0 Å². The zero-order valence-electron chi connectivity index (χ0n) is 31.9. The van der Waals surface area contributed by atoms with Crippen LogP contribution in [0.5, 0.6) is 0 Å². The van der Waals surface area contributed by atoms with Gasteiger partial charge in [-0.15, -0.1) is 0 Å². The molecule has 14 nitrogen and oxygen atoms in total. The predicted molar refractivity (Wildman–Crippen MR) is 211 cm³/mol. The maximum absolute atomic E-state index is 15.3. The van der Waals surface area contributed by atoms with Gasteiger partial charge in [-0.25, -0.2) is 17.8 Å². The van der Waals surface area contributed by atoms with E-state index in [1.54, 1.807) is 54.6 Å². The summed E-state index contributed by atoms with van der Waals surface area (Å²) in [4.78, 5) is 57.3. The number of nitrogens with one attached hydrogen (secondary N) is 4. The fourth-order valence-electron chi connectivity index (χ4n) is 7.40. The molecular weight excluding hydrogens is 797 g/mol. The molecule has 0 spiro atoms.